The van der Waals surface area contributed by atoms with E-state index in [1.165, 1.54) is 25.7 Å². The molecule has 0 aliphatic heterocycles. The van der Waals surface area contributed by atoms with E-state index >= 15 is 0 Å². The Morgan fingerprint density at radius 1 is 1.33 bits per heavy atom. The molecule has 0 spiro atoms. The van der Waals surface area contributed by atoms with Crippen LogP contribution in [0.3, 0.4) is 0 Å². The lowest BCUT2D eigenvalue weighted by Crippen LogP contribution is -2.37. The van der Waals surface area contributed by atoms with Crippen LogP contribution in [-0.4, -0.2) is 12.1 Å². The van der Waals surface area contributed by atoms with Crippen molar-refractivity contribution in [2.24, 2.45) is 11.7 Å². The van der Waals surface area contributed by atoms with E-state index in [1.54, 1.807) is 0 Å². The van der Waals surface area contributed by atoms with Gasteiger partial charge in [0.25, 0.3) is 0 Å². The van der Waals surface area contributed by atoms with E-state index in [1.807, 2.05) is 30.3 Å². The first-order chi connectivity index (χ1) is 8.72. The minimum atomic E-state index is 0.0841. The normalized spacial score (nSPS) is 27.3. The highest BCUT2D eigenvalue weighted by Crippen LogP contribution is 2.37. The highest BCUT2D eigenvalue weighted by molar-refractivity contribution is 5.20. The zero-order valence-corrected chi connectivity index (χ0v) is 11.4. The molecular formula is C16H25NO. The number of hydrogen-bond donors (Lipinski definition) is 1. The van der Waals surface area contributed by atoms with Crippen molar-refractivity contribution >= 4 is 0 Å². The lowest BCUT2D eigenvalue weighted by molar-refractivity contribution is 0.276. The molecule has 0 amide bonds. The SMILES string of the molecule is CCC1CCC(N)(CCCOc2ccccc2)C1. The van der Waals surface area contributed by atoms with Crippen LogP contribution in [0.15, 0.2) is 30.3 Å². The van der Waals surface area contributed by atoms with Crippen LogP contribution in [0.25, 0.3) is 0 Å². The summed E-state index contributed by atoms with van der Waals surface area (Å²) in [6.45, 7) is 3.05. The standard InChI is InChI=1S/C16H25NO/c1-2-14-9-11-16(17,13-14)10-6-12-18-15-7-4-3-5-8-15/h3-5,7-8,14H,2,6,9-13,17H2,1H3. The molecule has 1 aliphatic carbocycles. The topological polar surface area (TPSA) is 35.2 Å². The molecule has 0 bridgehead atoms. The molecular weight excluding hydrogens is 222 g/mol. The maximum atomic E-state index is 6.45. The van der Waals surface area contributed by atoms with Gasteiger partial charge >= 0.3 is 0 Å². The van der Waals surface area contributed by atoms with E-state index in [0.29, 0.717) is 0 Å². The highest BCUT2D eigenvalue weighted by Gasteiger charge is 2.34. The van der Waals surface area contributed by atoms with Crippen LogP contribution in [0.4, 0.5) is 0 Å². The maximum absolute atomic E-state index is 6.45. The third-order valence-electron chi connectivity index (χ3n) is 4.15. The maximum Gasteiger partial charge on any atom is 0.119 e. The number of rotatable bonds is 6. The van der Waals surface area contributed by atoms with Crippen molar-refractivity contribution in [3.05, 3.63) is 30.3 Å². The molecule has 1 saturated carbocycles. The summed E-state index contributed by atoms with van der Waals surface area (Å²) in [4.78, 5) is 0. The van der Waals surface area contributed by atoms with Crippen molar-refractivity contribution in [3.63, 3.8) is 0 Å². The van der Waals surface area contributed by atoms with Gasteiger partial charge in [-0.3, -0.25) is 0 Å². The first-order valence-corrected chi connectivity index (χ1v) is 7.18. The minimum Gasteiger partial charge on any atom is -0.494 e. The molecule has 1 aliphatic rings. The average Bonchev–Trinajstić information content (AvgIpc) is 2.78. The molecule has 0 heterocycles. The lowest BCUT2D eigenvalue weighted by Gasteiger charge is -2.24. The molecule has 1 aromatic carbocycles. The first-order valence-electron chi connectivity index (χ1n) is 7.18. The molecule has 18 heavy (non-hydrogen) atoms. The number of nitrogens with two attached hydrogens (primary N) is 1. The largest absolute Gasteiger partial charge is 0.494 e. The van der Waals surface area contributed by atoms with Crippen molar-refractivity contribution in [1.82, 2.24) is 0 Å². The Balaban J connectivity index is 1.67. The van der Waals surface area contributed by atoms with Gasteiger partial charge in [-0.25, -0.2) is 0 Å². The molecule has 2 nitrogen and oxygen atoms in total. The van der Waals surface area contributed by atoms with Crippen molar-refractivity contribution in [2.75, 3.05) is 6.61 Å². The number of ether oxygens (including phenoxy) is 1. The Morgan fingerprint density at radius 2 is 2.11 bits per heavy atom. The molecule has 1 fully saturated rings. The number of para-hydroxylation sites is 1. The first kappa shape index (κ1) is 13.4. The average molecular weight is 247 g/mol. The third kappa shape index (κ3) is 3.74. The van der Waals surface area contributed by atoms with Gasteiger partial charge in [0.05, 0.1) is 6.61 Å². The van der Waals surface area contributed by atoms with E-state index in [-0.39, 0.29) is 5.54 Å². The van der Waals surface area contributed by atoms with E-state index in [9.17, 15) is 0 Å². The van der Waals surface area contributed by atoms with Gasteiger partial charge in [-0.15, -0.1) is 0 Å². The number of hydrogen-bond acceptors (Lipinski definition) is 2. The van der Waals surface area contributed by atoms with E-state index in [4.69, 9.17) is 10.5 Å². The van der Waals surface area contributed by atoms with Crippen molar-refractivity contribution in [1.29, 1.82) is 0 Å². The van der Waals surface area contributed by atoms with Gasteiger partial charge in [-0.05, 0) is 50.2 Å². The summed E-state index contributed by atoms with van der Waals surface area (Å²) in [5, 5.41) is 0. The Morgan fingerprint density at radius 3 is 2.78 bits per heavy atom. The number of benzene rings is 1. The Hall–Kier alpha value is -1.02. The van der Waals surface area contributed by atoms with Crippen LogP contribution in [0.1, 0.15) is 45.4 Å². The van der Waals surface area contributed by atoms with Gasteiger partial charge in [0, 0.05) is 5.54 Å². The van der Waals surface area contributed by atoms with Crippen LogP contribution < -0.4 is 10.5 Å². The fraction of sp³-hybridized carbons (Fsp3) is 0.625. The van der Waals surface area contributed by atoms with Gasteiger partial charge in [0.15, 0.2) is 0 Å². The van der Waals surface area contributed by atoms with Crippen LogP contribution in [0.2, 0.25) is 0 Å². The van der Waals surface area contributed by atoms with Gasteiger partial charge in [0.1, 0.15) is 5.75 Å². The Kier molecular flexibility index (Phi) is 4.65. The summed E-state index contributed by atoms with van der Waals surface area (Å²) in [6.07, 6.45) is 7.13. The van der Waals surface area contributed by atoms with E-state index in [0.717, 1.165) is 31.1 Å². The second-order valence-electron chi connectivity index (χ2n) is 5.64. The summed E-state index contributed by atoms with van der Waals surface area (Å²) in [5.41, 5.74) is 6.53. The summed E-state index contributed by atoms with van der Waals surface area (Å²) < 4.78 is 5.71. The predicted molar refractivity (Wildman–Crippen MR) is 75.7 cm³/mol. The molecule has 0 saturated heterocycles. The molecule has 0 aromatic heterocycles. The summed E-state index contributed by atoms with van der Waals surface area (Å²) in [6, 6.07) is 10.0. The van der Waals surface area contributed by atoms with Crippen LogP contribution in [0.5, 0.6) is 5.75 Å². The predicted octanol–water partition coefficient (Wildman–Crippen LogP) is 3.75. The van der Waals surface area contributed by atoms with Gasteiger partial charge in [-0.1, -0.05) is 31.5 Å². The van der Waals surface area contributed by atoms with Crippen molar-refractivity contribution in [2.45, 2.75) is 51.0 Å². The second kappa shape index (κ2) is 6.24. The third-order valence-corrected chi connectivity index (χ3v) is 4.15. The smallest absolute Gasteiger partial charge is 0.119 e. The van der Waals surface area contributed by atoms with E-state index in [2.05, 4.69) is 6.92 Å². The quantitative estimate of drug-likeness (QED) is 0.777. The van der Waals surface area contributed by atoms with Crippen molar-refractivity contribution < 1.29 is 4.74 Å². The van der Waals surface area contributed by atoms with Gasteiger partial charge in [0.2, 0.25) is 0 Å². The Bertz CT molecular complexity index is 351. The summed E-state index contributed by atoms with van der Waals surface area (Å²) in [5.74, 6) is 1.81. The van der Waals surface area contributed by atoms with Gasteiger partial charge < -0.3 is 10.5 Å². The fourth-order valence-corrected chi connectivity index (χ4v) is 2.98. The van der Waals surface area contributed by atoms with Crippen molar-refractivity contribution in [3.8, 4) is 5.75 Å². The monoisotopic (exact) mass is 247 g/mol. The highest BCUT2D eigenvalue weighted by atomic mass is 16.5. The van der Waals surface area contributed by atoms with Gasteiger partial charge in [-0.2, -0.15) is 0 Å². The molecule has 2 atom stereocenters. The molecule has 2 heteroatoms. The lowest BCUT2D eigenvalue weighted by atomic mass is 9.91. The molecule has 100 valence electrons. The van der Waals surface area contributed by atoms with E-state index < -0.39 is 0 Å². The molecule has 1 aromatic rings. The minimum absolute atomic E-state index is 0.0841. The van der Waals surface area contributed by atoms with Crippen LogP contribution in [0, 0.1) is 5.92 Å². The fourth-order valence-electron chi connectivity index (χ4n) is 2.98. The summed E-state index contributed by atoms with van der Waals surface area (Å²) >= 11 is 0. The molecule has 2 N–H and O–H groups in total. The second-order valence-corrected chi connectivity index (χ2v) is 5.64. The molecule has 0 radical (unpaired) electrons. The molecule has 2 unspecified atom stereocenters. The van der Waals surface area contributed by atoms with Crippen LogP contribution >= 0.6 is 0 Å². The molecule has 2 rings (SSSR count). The zero-order chi connectivity index (χ0) is 12.8. The summed E-state index contributed by atoms with van der Waals surface area (Å²) in [7, 11) is 0. The van der Waals surface area contributed by atoms with Crippen LogP contribution in [-0.2, 0) is 0 Å². The zero-order valence-electron chi connectivity index (χ0n) is 11.4. The Labute approximate surface area is 111 Å².